The molecule has 0 saturated carbocycles. The number of carbonyl (C=O) groups excluding carboxylic acids is 1. The average molecular weight is 372 g/mol. The SMILES string of the molecule is O=C(NCc1ccc(F)c(F)c1)c1ncoc1-c1ccc2c(c1)OCCO2. The van der Waals surface area contributed by atoms with Crippen molar-refractivity contribution >= 4 is 5.91 Å². The molecule has 1 amide bonds. The number of hydrogen-bond donors (Lipinski definition) is 1. The molecule has 1 aliphatic heterocycles. The molecule has 0 atom stereocenters. The summed E-state index contributed by atoms with van der Waals surface area (Å²) in [5.74, 6) is -0.965. The third-order valence-electron chi connectivity index (χ3n) is 4.02. The van der Waals surface area contributed by atoms with Crippen LogP contribution in [0.1, 0.15) is 16.1 Å². The number of hydrogen-bond acceptors (Lipinski definition) is 5. The number of ether oxygens (including phenoxy) is 2. The molecule has 2 aromatic carbocycles. The van der Waals surface area contributed by atoms with E-state index in [-0.39, 0.29) is 18.0 Å². The summed E-state index contributed by atoms with van der Waals surface area (Å²) in [5, 5.41) is 2.61. The van der Waals surface area contributed by atoms with Gasteiger partial charge >= 0.3 is 0 Å². The van der Waals surface area contributed by atoms with Crippen molar-refractivity contribution in [2.24, 2.45) is 0 Å². The van der Waals surface area contributed by atoms with Crippen LogP contribution in [0.4, 0.5) is 8.78 Å². The van der Waals surface area contributed by atoms with Crippen LogP contribution < -0.4 is 14.8 Å². The molecule has 27 heavy (non-hydrogen) atoms. The van der Waals surface area contributed by atoms with Crippen molar-refractivity contribution in [3.63, 3.8) is 0 Å². The molecular weight excluding hydrogens is 358 g/mol. The first kappa shape index (κ1) is 17.0. The number of carbonyl (C=O) groups is 1. The lowest BCUT2D eigenvalue weighted by Crippen LogP contribution is -2.23. The van der Waals surface area contributed by atoms with E-state index in [2.05, 4.69) is 10.3 Å². The average Bonchev–Trinajstić information content (AvgIpc) is 3.18. The summed E-state index contributed by atoms with van der Waals surface area (Å²) in [5.41, 5.74) is 1.11. The summed E-state index contributed by atoms with van der Waals surface area (Å²) in [6, 6.07) is 8.60. The van der Waals surface area contributed by atoms with E-state index in [0.717, 1.165) is 12.1 Å². The van der Waals surface area contributed by atoms with Crippen molar-refractivity contribution < 1.29 is 27.5 Å². The second-order valence-electron chi connectivity index (χ2n) is 5.82. The molecule has 0 unspecified atom stereocenters. The fourth-order valence-electron chi connectivity index (χ4n) is 2.71. The molecule has 4 rings (SSSR count). The molecule has 0 radical (unpaired) electrons. The van der Waals surface area contributed by atoms with Crippen molar-refractivity contribution in [1.29, 1.82) is 0 Å². The van der Waals surface area contributed by atoms with Gasteiger partial charge in [-0.3, -0.25) is 4.79 Å². The molecule has 0 fully saturated rings. The Morgan fingerprint density at radius 2 is 1.85 bits per heavy atom. The predicted octanol–water partition coefficient (Wildman–Crippen LogP) is 3.32. The Kier molecular flexibility index (Phi) is 4.45. The topological polar surface area (TPSA) is 73.6 Å². The van der Waals surface area contributed by atoms with Crippen molar-refractivity contribution in [1.82, 2.24) is 10.3 Å². The van der Waals surface area contributed by atoms with Crippen LogP contribution in [-0.4, -0.2) is 24.1 Å². The first-order chi connectivity index (χ1) is 13.1. The minimum absolute atomic E-state index is 0.0173. The van der Waals surface area contributed by atoms with Gasteiger partial charge in [0.15, 0.2) is 41.0 Å². The van der Waals surface area contributed by atoms with Gasteiger partial charge in [0, 0.05) is 12.1 Å². The highest BCUT2D eigenvalue weighted by Gasteiger charge is 2.21. The number of halogens is 2. The van der Waals surface area contributed by atoms with Gasteiger partial charge in [-0.05, 0) is 35.9 Å². The van der Waals surface area contributed by atoms with Gasteiger partial charge in [-0.15, -0.1) is 0 Å². The Balaban J connectivity index is 1.52. The van der Waals surface area contributed by atoms with E-state index in [1.165, 1.54) is 12.5 Å². The largest absolute Gasteiger partial charge is 0.486 e. The maximum absolute atomic E-state index is 13.3. The highest BCUT2D eigenvalue weighted by atomic mass is 19.2. The Bertz CT molecular complexity index is 1000. The van der Waals surface area contributed by atoms with E-state index < -0.39 is 17.5 Å². The van der Waals surface area contributed by atoms with Crippen molar-refractivity contribution in [3.8, 4) is 22.8 Å². The number of aromatic nitrogens is 1. The number of nitrogens with zero attached hydrogens (tertiary/aromatic N) is 1. The Labute approximate surface area is 152 Å². The summed E-state index contributed by atoms with van der Waals surface area (Å²) in [6.45, 7) is 0.935. The monoisotopic (exact) mass is 372 g/mol. The summed E-state index contributed by atoms with van der Waals surface area (Å²) < 4.78 is 42.6. The van der Waals surface area contributed by atoms with Gasteiger partial charge in [-0.25, -0.2) is 13.8 Å². The zero-order chi connectivity index (χ0) is 18.8. The van der Waals surface area contributed by atoms with Crippen LogP contribution >= 0.6 is 0 Å². The van der Waals surface area contributed by atoms with Crippen molar-refractivity contribution in [2.45, 2.75) is 6.54 Å². The smallest absolute Gasteiger partial charge is 0.274 e. The van der Waals surface area contributed by atoms with Crippen LogP contribution in [0.15, 0.2) is 47.2 Å². The number of oxazole rings is 1. The van der Waals surface area contributed by atoms with E-state index in [1.807, 2.05) is 0 Å². The molecular formula is C19H14F2N2O4. The van der Waals surface area contributed by atoms with Gasteiger partial charge in [0.1, 0.15) is 13.2 Å². The van der Waals surface area contributed by atoms with Crippen LogP contribution in [0.2, 0.25) is 0 Å². The Hall–Kier alpha value is -3.42. The van der Waals surface area contributed by atoms with Gasteiger partial charge in [-0.2, -0.15) is 0 Å². The quantitative estimate of drug-likeness (QED) is 0.761. The molecule has 0 saturated heterocycles. The highest BCUT2D eigenvalue weighted by molar-refractivity contribution is 5.97. The zero-order valence-electron chi connectivity index (χ0n) is 14.0. The second kappa shape index (κ2) is 7.06. The van der Waals surface area contributed by atoms with Crippen LogP contribution in [0.3, 0.4) is 0 Å². The van der Waals surface area contributed by atoms with Crippen molar-refractivity contribution in [2.75, 3.05) is 13.2 Å². The fourth-order valence-corrected chi connectivity index (χ4v) is 2.71. The van der Waals surface area contributed by atoms with E-state index in [4.69, 9.17) is 13.9 Å². The third kappa shape index (κ3) is 3.46. The predicted molar refractivity (Wildman–Crippen MR) is 90.5 cm³/mol. The number of amides is 1. The number of benzene rings is 2. The number of nitrogens with one attached hydrogen (secondary N) is 1. The van der Waals surface area contributed by atoms with Gasteiger partial charge in [0.2, 0.25) is 0 Å². The molecule has 138 valence electrons. The maximum atomic E-state index is 13.3. The van der Waals surface area contributed by atoms with Crippen LogP contribution in [0, 0.1) is 11.6 Å². The Morgan fingerprint density at radius 1 is 1.04 bits per heavy atom. The van der Waals surface area contributed by atoms with Crippen LogP contribution in [0.5, 0.6) is 11.5 Å². The normalized spacial score (nSPS) is 12.7. The molecule has 1 aliphatic rings. The number of rotatable bonds is 4. The summed E-state index contributed by atoms with van der Waals surface area (Å²) in [6.07, 6.45) is 1.17. The second-order valence-corrected chi connectivity index (χ2v) is 5.82. The first-order valence-corrected chi connectivity index (χ1v) is 8.17. The van der Waals surface area contributed by atoms with E-state index in [9.17, 15) is 13.6 Å². The summed E-state index contributed by atoms with van der Waals surface area (Å²) in [4.78, 5) is 16.4. The highest BCUT2D eigenvalue weighted by Crippen LogP contribution is 2.35. The van der Waals surface area contributed by atoms with Crippen LogP contribution in [0.25, 0.3) is 11.3 Å². The van der Waals surface area contributed by atoms with Crippen LogP contribution in [-0.2, 0) is 6.54 Å². The lowest BCUT2D eigenvalue weighted by atomic mass is 10.1. The molecule has 1 N–H and O–H groups in total. The third-order valence-corrected chi connectivity index (χ3v) is 4.02. The zero-order valence-corrected chi connectivity index (χ0v) is 14.0. The van der Waals surface area contributed by atoms with E-state index in [1.54, 1.807) is 18.2 Å². The molecule has 3 aromatic rings. The lowest BCUT2D eigenvalue weighted by molar-refractivity contribution is 0.0946. The van der Waals surface area contributed by atoms with Gasteiger partial charge in [-0.1, -0.05) is 6.07 Å². The lowest BCUT2D eigenvalue weighted by Gasteiger charge is -2.18. The van der Waals surface area contributed by atoms with E-state index >= 15 is 0 Å². The van der Waals surface area contributed by atoms with Gasteiger partial charge in [0.25, 0.3) is 5.91 Å². The molecule has 0 aliphatic carbocycles. The summed E-state index contributed by atoms with van der Waals surface area (Å²) >= 11 is 0. The number of fused-ring (bicyclic) bond motifs is 1. The van der Waals surface area contributed by atoms with E-state index in [0.29, 0.717) is 35.8 Å². The maximum Gasteiger partial charge on any atom is 0.274 e. The minimum Gasteiger partial charge on any atom is -0.486 e. The standard InChI is InChI=1S/C19H14F2N2O4/c20-13-3-1-11(7-14(13)21)9-22-19(24)17-18(27-10-23-17)12-2-4-15-16(8-12)26-6-5-25-15/h1-4,7-8,10H,5-6,9H2,(H,22,24). The Morgan fingerprint density at radius 3 is 2.67 bits per heavy atom. The molecule has 6 nitrogen and oxygen atoms in total. The fraction of sp³-hybridized carbons (Fsp3) is 0.158. The van der Waals surface area contributed by atoms with Crippen molar-refractivity contribution in [3.05, 3.63) is 65.7 Å². The molecule has 2 heterocycles. The molecule has 8 heteroatoms. The molecule has 0 bridgehead atoms. The van der Waals surface area contributed by atoms with Gasteiger partial charge < -0.3 is 19.2 Å². The molecule has 1 aromatic heterocycles. The van der Waals surface area contributed by atoms with Gasteiger partial charge in [0.05, 0.1) is 0 Å². The summed E-state index contributed by atoms with van der Waals surface area (Å²) in [7, 11) is 0. The minimum atomic E-state index is -0.972. The molecule has 0 spiro atoms. The first-order valence-electron chi connectivity index (χ1n) is 8.17.